The highest BCUT2D eigenvalue weighted by atomic mass is 35.5. The Balaban J connectivity index is 1.80. The third-order valence-electron chi connectivity index (χ3n) is 6.26. The van der Waals surface area contributed by atoms with Gasteiger partial charge < -0.3 is 0 Å². The lowest BCUT2D eigenvalue weighted by Crippen LogP contribution is -2.44. The molecule has 31 heavy (non-hydrogen) atoms. The van der Waals surface area contributed by atoms with Crippen molar-refractivity contribution in [3.63, 3.8) is 0 Å². The topological polar surface area (TPSA) is 3.24 Å². The Morgan fingerprint density at radius 2 is 0.710 bits per heavy atom. The van der Waals surface area contributed by atoms with Gasteiger partial charge in [0, 0.05) is 10.4 Å². The lowest BCUT2D eigenvalue weighted by atomic mass is 10.4. The van der Waals surface area contributed by atoms with Crippen molar-refractivity contribution in [1.82, 2.24) is 3.96 Å². The standard InChI is InChI=1S/C27H26ClNP2/c28-29-30(24-14-5-1-6-15-24,25-16-7-2-8-17-25)22-13-23-31(29,26-18-9-3-10-19-26)27-20-11-4-12-21-27/h1-12,14-21H,13,22-23H2/q+2. The summed E-state index contributed by atoms with van der Waals surface area (Å²) in [5, 5.41) is 5.47. The Hall–Kier alpha value is -2.01. The molecule has 0 N–H and O–H groups in total. The van der Waals surface area contributed by atoms with E-state index in [1.165, 1.54) is 27.6 Å². The maximum absolute atomic E-state index is 7.73. The zero-order valence-corrected chi connectivity index (χ0v) is 19.9. The van der Waals surface area contributed by atoms with Gasteiger partial charge in [0.15, 0.2) is 0 Å². The van der Waals surface area contributed by atoms with Crippen LogP contribution in [0.4, 0.5) is 0 Å². The van der Waals surface area contributed by atoms with Crippen LogP contribution in [0, 0.1) is 0 Å². The maximum atomic E-state index is 7.73. The molecule has 0 unspecified atom stereocenters. The average Bonchev–Trinajstić information content (AvgIpc) is 2.87. The highest BCUT2D eigenvalue weighted by molar-refractivity contribution is 8.02. The molecule has 1 heterocycles. The molecular formula is C27H26ClNP2+2. The monoisotopic (exact) mass is 461 g/mol. The molecule has 0 aliphatic carbocycles. The van der Waals surface area contributed by atoms with Gasteiger partial charge in [-0.15, -0.1) is 0 Å². The van der Waals surface area contributed by atoms with E-state index in [1.54, 1.807) is 0 Å². The molecular weight excluding hydrogens is 436 g/mol. The molecule has 0 amide bonds. The smallest absolute Gasteiger partial charge is 0.0620 e. The molecule has 0 spiro atoms. The first kappa shape index (κ1) is 20.9. The second-order valence-corrected chi connectivity index (χ2v) is 15.9. The average molecular weight is 462 g/mol. The summed E-state index contributed by atoms with van der Waals surface area (Å²) in [5.74, 6) is 0. The Kier molecular flexibility index (Phi) is 5.96. The van der Waals surface area contributed by atoms with E-state index in [0.717, 1.165) is 12.3 Å². The molecule has 5 rings (SSSR count). The summed E-state index contributed by atoms with van der Waals surface area (Å²) < 4.78 is 2.36. The van der Waals surface area contributed by atoms with E-state index in [1.807, 2.05) is 0 Å². The third-order valence-corrected chi connectivity index (χ3v) is 17.3. The molecule has 0 aromatic heterocycles. The van der Waals surface area contributed by atoms with E-state index < -0.39 is 14.8 Å². The van der Waals surface area contributed by atoms with Crippen LogP contribution in [0.25, 0.3) is 0 Å². The molecule has 1 saturated heterocycles. The Morgan fingerprint density at radius 1 is 0.452 bits per heavy atom. The number of nitrogens with zero attached hydrogens (tertiary/aromatic N) is 1. The van der Waals surface area contributed by atoms with Crippen molar-refractivity contribution < 1.29 is 0 Å². The molecule has 154 valence electrons. The summed E-state index contributed by atoms with van der Waals surface area (Å²) in [6, 6.07) is 43.9. The molecule has 0 saturated carbocycles. The fourth-order valence-electron chi connectivity index (χ4n) is 4.85. The minimum absolute atomic E-state index is 1.10. The van der Waals surface area contributed by atoms with Crippen LogP contribution in [0.3, 0.4) is 0 Å². The number of hydrogen-bond donors (Lipinski definition) is 0. The van der Waals surface area contributed by atoms with Gasteiger partial charge in [-0.05, 0) is 48.5 Å². The molecule has 0 radical (unpaired) electrons. The molecule has 1 nitrogen and oxygen atoms in total. The largest absolute Gasteiger partial charge is 0.206 e. The third kappa shape index (κ3) is 3.45. The van der Waals surface area contributed by atoms with Gasteiger partial charge >= 0.3 is 0 Å². The van der Waals surface area contributed by atoms with Crippen molar-refractivity contribution in [3.8, 4) is 0 Å². The fourth-order valence-corrected chi connectivity index (χ4v) is 17.1. The summed E-state index contributed by atoms with van der Waals surface area (Å²) in [5.41, 5.74) is 0. The van der Waals surface area contributed by atoms with Crippen LogP contribution in [0.1, 0.15) is 6.42 Å². The van der Waals surface area contributed by atoms with Gasteiger partial charge in [0.1, 0.15) is 21.2 Å². The first-order chi connectivity index (χ1) is 15.3. The van der Waals surface area contributed by atoms with Crippen LogP contribution in [-0.2, 0) is 0 Å². The van der Waals surface area contributed by atoms with Crippen molar-refractivity contribution in [2.45, 2.75) is 6.42 Å². The molecule has 1 aliphatic rings. The quantitative estimate of drug-likeness (QED) is 0.265. The van der Waals surface area contributed by atoms with E-state index in [4.69, 9.17) is 11.8 Å². The van der Waals surface area contributed by atoms with Crippen LogP contribution in [-0.4, -0.2) is 16.3 Å². The van der Waals surface area contributed by atoms with Gasteiger partial charge in [-0.3, -0.25) is 0 Å². The Morgan fingerprint density at radius 3 is 0.968 bits per heavy atom. The van der Waals surface area contributed by atoms with Crippen molar-refractivity contribution in [2.24, 2.45) is 0 Å². The molecule has 0 bridgehead atoms. The van der Waals surface area contributed by atoms with E-state index in [-0.39, 0.29) is 0 Å². The fraction of sp³-hybridized carbons (Fsp3) is 0.111. The van der Waals surface area contributed by atoms with Gasteiger partial charge in [-0.25, -0.2) is 0 Å². The van der Waals surface area contributed by atoms with Gasteiger partial charge in [0.05, 0.1) is 24.1 Å². The van der Waals surface area contributed by atoms with E-state index >= 15 is 0 Å². The molecule has 1 aliphatic heterocycles. The summed E-state index contributed by atoms with van der Waals surface area (Å²) in [6.45, 7) is 0. The van der Waals surface area contributed by atoms with Crippen molar-refractivity contribution in [2.75, 3.05) is 12.3 Å². The molecule has 0 atom stereocenters. The second-order valence-electron chi connectivity index (χ2n) is 7.92. The van der Waals surface area contributed by atoms with E-state index in [2.05, 4.69) is 125 Å². The van der Waals surface area contributed by atoms with Crippen LogP contribution in [0.2, 0.25) is 0 Å². The van der Waals surface area contributed by atoms with E-state index in [0.29, 0.717) is 0 Å². The number of halogens is 1. The zero-order valence-electron chi connectivity index (χ0n) is 17.4. The lowest BCUT2D eigenvalue weighted by molar-refractivity contribution is 0.972. The molecule has 1 fully saturated rings. The highest BCUT2D eigenvalue weighted by Crippen LogP contribution is 2.80. The summed E-state index contributed by atoms with van der Waals surface area (Å²) in [6.07, 6.45) is 3.37. The minimum Gasteiger partial charge on any atom is -0.0620 e. The minimum atomic E-state index is -1.99. The zero-order chi connectivity index (χ0) is 21.2. The van der Waals surface area contributed by atoms with Gasteiger partial charge in [-0.1, -0.05) is 72.8 Å². The van der Waals surface area contributed by atoms with Gasteiger partial charge in [0.25, 0.3) is 0 Å². The van der Waals surface area contributed by atoms with Gasteiger partial charge in [0.2, 0.25) is 14.8 Å². The molecule has 4 aromatic carbocycles. The first-order valence-electron chi connectivity index (χ1n) is 10.7. The maximum Gasteiger partial charge on any atom is 0.206 e. The molecule has 4 aromatic rings. The van der Waals surface area contributed by atoms with Crippen molar-refractivity contribution >= 4 is 47.8 Å². The lowest BCUT2D eigenvalue weighted by Gasteiger charge is -2.42. The van der Waals surface area contributed by atoms with Gasteiger partial charge in [-0.2, -0.15) is 0 Å². The van der Waals surface area contributed by atoms with Crippen LogP contribution >= 0.6 is 26.6 Å². The Labute approximate surface area is 191 Å². The van der Waals surface area contributed by atoms with Crippen LogP contribution in [0.15, 0.2) is 121 Å². The predicted molar refractivity (Wildman–Crippen MR) is 140 cm³/mol. The second kappa shape index (κ2) is 8.85. The van der Waals surface area contributed by atoms with E-state index in [9.17, 15) is 0 Å². The molecule has 4 heteroatoms. The number of rotatable bonds is 4. The number of benzene rings is 4. The summed E-state index contributed by atoms with van der Waals surface area (Å²) >= 11 is 7.73. The Bertz CT molecular complexity index is 951. The van der Waals surface area contributed by atoms with Crippen molar-refractivity contribution in [1.29, 1.82) is 0 Å². The van der Waals surface area contributed by atoms with Crippen LogP contribution < -0.4 is 21.2 Å². The number of hydrogen-bond acceptors (Lipinski definition) is 1. The summed E-state index contributed by atoms with van der Waals surface area (Å²) in [4.78, 5) is 0. The van der Waals surface area contributed by atoms with Crippen LogP contribution in [0.5, 0.6) is 0 Å². The highest BCUT2D eigenvalue weighted by Gasteiger charge is 2.67. The predicted octanol–water partition coefficient (Wildman–Crippen LogP) is 6.01. The SMILES string of the molecule is ClN1[P+](c2ccccc2)(c2ccccc2)CCC[P+]1(c1ccccc1)c1ccccc1. The normalized spacial score (nSPS) is 17.8. The summed E-state index contributed by atoms with van der Waals surface area (Å²) in [7, 11) is -3.98. The first-order valence-corrected chi connectivity index (χ1v) is 14.9. The van der Waals surface area contributed by atoms with Crippen molar-refractivity contribution in [3.05, 3.63) is 121 Å².